The molecule has 0 radical (unpaired) electrons. The highest BCUT2D eigenvalue weighted by Crippen LogP contribution is 2.15. The number of rotatable bonds is 1. The molecule has 108 valence electrons. The van der Waals surface area contributed by atoms with Crippen LogP contribution in [0.4, 0.5) is 4.39 Å². The maximum absolute atomic E-state index is 13.3. The molecule has 4 rings (SSSR count). The Bertz CT molecular complexity index is 1080. The SMILES string of the molecule is Cc1ccccc1-n1nnn2c(=O)c3cc(F)ccc3nc12. The third-order valence-electron chi connectivity index (χ3n) is 3.54. The van der Waals surface area contributed by atoms with Crippen molar-refractivity contribution in [1.82, 2.24) is 24.6 Å². The minimum atomic E-state index is -0.488. The molecule has 0 aliphatic rings. The number of hydrogen-bond donors (Lipinski definition) is 0. The van der Waals surface area contributed by atoms with Gasteiger partial charge in [-0.15, -0.1) is 4.52 Å². The Kier molecular flexibility index (Phi) is 2.56. The normalized spacial score (nSPS) is 11.4. The van der Waals surface area contributed by atoms with Crippen LogP contribution >= 0.6 is 0 Å². The van der Waals surface area contributed by atoms with Crippen molar-refractivity contribution in [2.24, 2.45) is 0 Å². The second-order valence-corrected chi connectivity index (χ2v) is 4.97. The number of nitrogens with zero attached hydrogens (tertiary/aromatic N) is 5. The van der Waals surface area contributed by atoms with Crippen LogP contribution in [0, 0.1) is 12.7 Å². The number of aromatic nitrogens is 5. The number of halogens is 1. The number of tetrazole rings is 1. The van der Waals surface area contributed by atoms with E-state index < -0.39 is 11.4 Å². The molecule has 0 saturated heterocycles. The Labute approximate surface area is 123 Å². The number of aryl methyl sites for hydroxylation is 1. The molecule has 6 nitrogen and oxygen atoms in total. The molecule has 0 N–H and O–H groups in total. The second-order valence-electron chi connectivity index (χ2n) is 4.97. The maximum atomic E-state index is 13.3. The minimum Gasteiger partial charge on any atom is -0.266 e. The van der Waals surface area contributed by atoms with Gasteiger partial charge in [0.05, 0.1) is 16.6 Å². The molecule has 0 aliphatic heterocycles. The van der Waals surface area contributed by atoms with Crippen LogP contribution in [0.25, 0.3) is 22.4 Å². The van der Waals surface area contributed by atoms with E-state index in [0.29, 0.717) is 11.3 Å². The Hall–Kier alpha value is -3.09. The predicted octanol–water partition coefficient (Wildman–Crippen LogP) is 1.88. The van der Waals surface area contributed by atoms with E-state index in [0.717, 1.165) is 21.8 Å². The van der Waals surface area contributed by atoms with Crippen molar-refractivity contribution in [2.75, 3.05) is 0 Å². The van der Waals surface area contributed by atoms with E-state index in [4.69, 9.17) is 0 Å². The zero-order valence-corrected chi connectivity index (χ0v) is 11.6. The first-order chi connectivity index (χ1) is 10.6. The molecule has 4 aromatic rings. The average molecular weight is 295 g/mol. The van der Waals surface area contributed by atoms with Crippen molar-refractivity contribution in [2.45, 2.75) is 6.92 Å². The average Bonchev–Trinajstić information content (AvgIpc) is 2.93. The molecule has 7 heteroatoms. The predicted molar refractivity (Wildman–Crippen MR) is 78.6 cm³/mol. The van der Waals surface area contributed by atoms with Gasteiger partial charge >= 0.3 is 0 Å². The first-order valence-electron chi connectivity index (χ1n) is 6.65. The van der Waals surface area contributed by atoms with Crippen LogP contribution in [0.2, 0.25) is 0 Å². The van der Waals surface area contributed by atoms with Crippen molar-refractivity contribution < 1.29 is 4.39 Å². The molecule has 2 aromatic heterocycles. The van der Waals surface area contributed by atoms with Gasteiger partial charge in [0.25, 0.3) is 11.3 Å². The van der Waals surface area contributed by atoms with Gasteiger partial charge < -0.3 is 0 Å². The van der Waals surface area contributed by atoms with Crippen LogP contribution in [0.1, 0.15) is 5.56 Å². The van der Waals surface area contributed by atoms with E-state index in [1.807, 2.05) is 31.2 Å². The second kappa shape index (κ2) is 4.45. The van der Waals surface area contributed by atoms with Gasteiger partial charge in [0, 0.05) is 0 Å². The molecule has 0 aliphatic carbocycles. The van der Waals surface area contributed by atoms with Gasteiger partial charge in [-0.3, -0.25) is 4.79 Å². The zero-order chi connectivity index (χ0) is 15.3. The van der Waals surface area contributed by atoms with Crippen LogP contribution in [-0.2, 0) is 0 Å². The molecule has 0 unspecified atom stereocenters. The van der Waals surface area contributed by atoms with Crippen molar-refractivity contribution in [3.05, 3.63) is 64.2 Å². The van der Waals surface area contributed by atoms with E-state index in [9.17, 15) is 9.18 Å². The monoisotopic (exact) mass is 295 g/mol. The van der Waals surface area contributed by atoms with Gasteiger partial charge in [-0.05, 0) is 47.2 Å². The van der Waals surface area contributed by atoms with Crippen LogP contribution in [0.15, 0.2) is 47.3 Å². The number of fused-ring (bicyclic) bond motifs is 2. The number of benzene rings is 2. The fourth-order valence-electron chi connectivity index (χ4n) is 2.43. The molecule has 0 bridgehead atoms. The van der Waals surface area contributed by atoms with Crippen molar-refractivity contribution in [3.63, 3.8) is 0 Å². The summed E-state index contributed by atoms with van der Waals surface area (Å²) in [5, 5.41) is 8.03. The van der Waals surface area contributed by atoms with Gasteiger partial charge in [0.15, 0.2) is 0 Å². The summed E-state index contributed by atoms with van der Waals surface area (Å²) in [6.45, 7) is 1.93. The molecular weight excluding hydrogens is 285 g/mol. The summed E-state index contributed by atoms with van der Waals surface area (Å²) < 4.78 is 15.9. The van der Waals surface area contributed by atoms with Gasteiger partial charge in [-0.25, -0.2) is 9.37 Å². The summed E-state index contributed by atoms with van der Waals surface area (Å²) in [5.41, 5.74) is 1.72. The maximum Gasteiger partial charge on any atom is 0.285 e. The Balaban J connectivity index is 2.12. The highest BCUT2D eigenvalue weighted by molar-refractivity contribution is 5.79. The summed E-state index contributed by atoms with van der Waals surface area (Å²) in [5.74, 6) is -0.198. The summed E-state index contributed by atoms with van der Waals surface area (Å²) in [7, 11) is 0. The van der Waals surface area contributed by atoms with E-state index in [1.54, 1.807) is 0 Å². The third kappa shape index (κ3) is 1.72. The highest BCUT2D eigenvalue weighted by atomic mass is 19.1. The molecule has 0 atom stereocenters. The zero-order valence-electron chi connectivity index (χ0n) is 11.6. The summed E-state index contributed by atoms with van der Waals surface area (Å²) in [4.78, 5) is 16.8. The fraction of sp³-hybridized carbons (Fsp3) is 0.0667. The minimum absolute atomic E-state index is 0.175. The topological polar surface area (TPSA) is 65.1 Å². The standard InChI is InChI=1S/C15H10FN5O/c1-9-4-2-3-5-13(9)20-15-17-12-7-6-10(16)8-11(12)14(22)21(15)19-18-20/h2-8H,1H3. The van der Waals surface area contributed by atoms with E-state index >= 15 is 0 Å². The largest absolute Gasteiger partial charge is 0.285 e. The third-order valence-corrected chi connectivity index (χ3v) is 3.54. The van der Waals surface area contributed by atoms with Gasteiger partial charge in [-0.2, -0.15) is 4.68 Å². The molecule has 2 aromatic carbocycles. The molecule has 0 saturated carbocycles. The lowest BCUT2D eigenvalue weighted by Gasteiger charge is -2.04. The fourth-order valence-corrected chi connectivity index (χ4v) is 2.43. The van der Waals surface area contributed by atoms with Crippen LogP contribution in [0.3, 0.4) is 0 Å². The first kappa shape index (κ1) is 12.6. The molecule has 2 heterocycles. The van der Waals surface area contributed by atoms with Crippen LogP contribution in [-0.4, -0.2) is 24.6 Å². The smallest absolute Gasteiger partial charge is 0.266 e. The van der Waals surface area contributed by atoms with Crippen molar-refractivity contribution in [1.29, 1.82) is 0 Å². The Morgan fingerprint density at radius 3 is 2.73 bits per heavy atom. The van der Waals surface area contributed by atoms with Gasteiger partial charge in [0.1, 0.15) is 5.82 Å². The molecule has 0 amide bonds. The van der Waals surface area contributed by atoms with Crippen molar-refractivity contribution >= 4 is 16.7 Å². The van der Waals surface area contributed by atoms with Crippen LogP contribution in [0.5, 0.6) is 0 Å². The number of para-hydroxylation sites is 1. The van der Waals surface area contributed by atoms with Gasteiger partial charge in [0.2, 0.25) is 0 Å². The van der Waals surface area contributed by atoms with Gasteiger partial charge in [-0.1, -0.05) is 18.2 Å². The molecule has 0 fully saturated rings. The highest BCUT2D eigenvalue weighted by Gasteiger charge is 2.14. The van der Waals surface area contributed by atoms with Crippen molar-refractivity contribution in [3.8, 4) is 5.69 Å². The summed E-state index contributed by atoms with van der Waals surface area (Å²) in [6.07, 6.45) is 0. The molecular formula is C15H10FN5O. The molecule has 22 heavy (non-hydrogen) atoms. The van der Waals surface area contributed by atoms with E-state index in [-0.39, 0.29) is 5.39 Å². The van der Waals surface area contributed by atoms with E-state index in [1.165, 1.54) is 16.8 Å². The first-order valence-corrected chi connectivity index (χ1v) is 6.65. The summed E-state index contributed by atoms with van der Waals surface area (Å²) in [6, 6.07) is 11.5. The Morgan fingerprint density at radius 2 is 1.91 bits per heavy atom. The summed E-state index contributed by atoms with van der Waals surface area (Å²) >= 11 is 0. The Morgan fingerprint density at radius 1 is 1.09 bits per heavy atom. The van der Waals surface area contributed by atoms with E-state index in [2.05, 4.69) is 15.4 Å². The quantitative estimate of drug-likeness (QED) is 0.538. The molecule has 0 spiro atoms. The van der Waals surface area contributed by atoms with Crippen LogP contribution < -0.4 is 5.56 Å². The lowest BCUT2D eigenvalue weighted by Crippen LogP contribution is -2.16. The number of hydrogen-bond acceptors (Lipinski definition) is 4. The lowest BCUT2D eigenvalue weighted by molar-refractivity contribution is 0.629. The lowest BCUT2D eigenvalue weighted by atomic mass is 10.2.